The first-order valence-electron chi connectivity index (χ1n) is 4.33. The van der Waals surface area contributed by atoms with E-state index in [0.29, 0.717) is 11.8 Å². The molecule has 3 heteroatoms. The van der Waals surface area contributed by atoms with Crippen LogP contribution < -0.4 is 4.74 Å². The fraction of sp³-hybridized carbons (Fsp3) is 0.400. The van der Waals surface area contributed by atoms with Crippen molar-refractivity contribution < 1.29 is 4.74 Å². The monoisotopic (exact) mass is 174 g/mol. The molecule has 1 heterocycles. The molecule has 13 heavy (non-hydrogen) atoms. The minimum Gasteiger partial charge on any atom is -0.489 e. The molecule has 0 aromatic carbocycles. The third-order valence-electron chi connectivity index (χ3n) is 2.00. The second-order valence-electron chi connectivity index (χ2n) is 3.26. The zero-order chi connectivity index (χ0) is 9.26. The SMILES string of the molecule is Cc1cc(C#N)ncc1OC1CC1. The Balaban J connectivity index is 2.21. The van der Waals surface area contributed by atoms with Crippen LogP contribution in [0, 0.1) is 18.3 Å². The Morgan fingerprint density at radius 1 is 1.62 bits per heavy atom. The lowest BCUT2D eigenvalue weighted by Gasteiger charge is -2.06. The van der Waals surface area contributed by atoms with Gasteiger partial charge in [0.2, 0.25) is 0 Å². The minimum atomic E-state index is 0.383. The van der Waals surface area contributed by atoms with Gasteiger partial charge in [-0.3, -0.25) is 0 Å². The normalized spacial score (nSPS) is 15.1. The molecule has 1 aromatic heterocycles. The van der Waals surface area contributed by atoms with E-state index in [4.69, 9.17) is 10.00 Å². The Bertz CT molecular complexity index is 364. The van der Waals surface area contributed by atoms with Crippen molar-refractivity contribution in [2.24, 2.45) is 0 Å². The quantitative estimate of drug-likeness (QED) is 0.686. The summed E-state index contributed by atoms with van der Waals surface area (Å²) in [4.78, 5) is 3.95. The van der Waals surface area contributed by atoms with E-state index in [1.165, 1.54) is 0 Å². The Morgan fingerprint density at radius 2 is 2.38 bits per heavy atom. The third-order valence-corrected chi connectivity index (χ3v) is 2.00. The number of rotatable bonds is 2. The second-order valence-corrected chi connectivity index (χ2v) is 3.26. The molecule has 1 aromatic rings. The molecular formula is C10H10N2O. The molecule has 0 unspecified atom stereocenters. The van der Waals surface area contributed by atoms with Crippen LogP contribution in [0.25, 0.3) is 0 Å². The third kappa shape index (κ3) is 1.78. The maximum Gasteiger partial charge on any atom is 0.141 e. The summed E-state index contributed by atoms with van der Waals surface area (Å²) in [6.07, 6.45) is 4.29. The molecule has 0 N–H and O–H groups in total. The number of hydrogen-bond donors (Lipinski definition) is 0. The number of nitriles is 1. The molecular weight excluding hydrogens is 164 g/mol. The average molecular weight is 174 g/mol. The summed E-state index contributed by atoms with van der Waals surface area (Å²) >= 11 is 0. The van der Waals surface area contributed by atoms with Crippen molar-refractivity contribution in [2.75, 3.05) is 0 Å². The molecule has 0 spiro atoms. The Hall–Kier alpha value is -1.56. The van der Waals surface area contributed by atoms with Crippen LogP contribution in [0.4, 0.5) is 0 Å². The molecule has 0 aliphatic heterocycles. The summed E-state index contributed by atoms with van der Waals surface area (Å²) in [6.45, 7) is 1.93. The van der Waals surface area contributed by atoms with Gasteiger partial charge in [0.1, 0.15) is 17.5 Å². The summed E-state index contributed by atoms with van der Waals surface area (Å²) in [7, 11) is 0. The zero-order valence-corrected chi connectivity index (χ0v) is 7.45. The number of aromatic nitrogens is 1. The molecule has 0 saturated heterocycles. The van der Waals surface area contributed by atoms with Crippen molar-refractivity contribution in [3.8, 4) is 11.8 Å². The number of ether oxygens (including phenoxy) is 1. The van der Waals surface area contributed by atoms with Crippen LogP contribution in [-0.4, -0.2) is 11.1 Å². The predicted molar refractivity (Wildman–Crippen MR) is 47.3 cm³/mol. The molecule has 1 aliphatic rings. The highest BCUT2D eigenvalue weighted by Crippen LogP contribution is 2.28. The lowest BCUT2D eigenvalue weighted by molar-refractivity contribution is 0.300. The number of hydrogen-bond acceptors (Lipinski definition) is 3. The van der Waals surface area contributed by atoms with Crippen molar-refractivity contribution in [1.82, 2.24) is 4.98 Å². The first kappa shape index (κ1) is 8.06. The molecule has 3 nitrogen and oxygen atoms in total. The van der Waals surface area contributed by atoms with E-state index in [1.807, 2.05) is 13.0 Å². The van der Waals surface area contributed by atoms with Crippen LogP contribution in [0.2, 0.25) is 0 Å². The fourth-order valence-corrected chi connectivity index (χ4v) is 1.09. The lowest BCUT2D eigenvalue weighted by atomic mass is 10.2. The van der Waals surface area contributed by atoms with Gasteiger partial charge in [0.25, 0.3) is 0 Å². The first-order valence-corrected chi connectivity index (χ1v) is 4.33. The van der Waals surface area contributed by atoms with Gasteiger partial charge >= 0.3 is 0 Å². The largest absolute Gasteiger partial charge is 0.489 e. The van der Waals surface area contributed by atoms with E-state index in [1.54, 1.807) is 12.3 Å². The topological polar surface area (TPSA) is 45.9 Å². The molecule has 1 fully saturated rings. The van der Waals surface area contributed by atoms with E-state index in [-0.39, 0.29) is 0 Å². The predicted octanol–water partition coefficient (Wildman–Crippen LogP) is 1.80. The van der Waals surface area contributed by atoms with E-state index < -0.39 is 0 Å². The summed E-state index contributed by atoms with van der Waals surface area (Å²) in [5.74, 6) is 0.807. The van der Waals surface area contributed by atoms with Gasteiger partial charge in [0, 0.05) is 0 Å². The second kappa shape index (κ2) is 3.06. The average Bonchev–Trinajstić information content (AvgIpc) is 2.92. The highest BCUT2D eigenvalue weighted by Gasteiger charge is 2.24. The van der Waals surface area contributed by atoms with Gasteiger partial charge in [0.05, 0.1) is 12.3 Å². The summed E-state index contributed by atoms with van der Waals surface area (Å²) in [5.41, 5.74) is 1.43. The molecule has 0 amide bonds. The van der Waals surface area contributed by atoms with Crippen molar-refractivity contribution in [1.29, 1.82) is 5.26 Å². The molecule has 2 rings (SSSR count). The highest BCUT2D eigenvalue weighted by atomic mass is 16.5. The summed E-state index contributed by atoms with van der Waals surface area (Å²) in [5, 5.41) is 8.59. The highest BCUT2D eigenvalue weighted by molar-refractivity contribution is 5.35. The van der Waals surface area contributed by atoms with Gasteiger partial charge in [-0.15, -0.1) is 0 Å². The first-order chi connectivity index (χ1) is 6.29. The van der Waals surface area contributed by atoms with Crippen LogP contribution >= 0.6 is 0 Å². The smallest absolute Gasteiger partial charge is 0.141 e. The number of aryl methyl sites for hydroxylation is 1. The van der Waals surface area contributed by atoms with Crippen molar-refractivity contribution >= 4 is 0 Å². The molecule has 0 bridgehead atoms. The van der Waals surface area contributed by atoms with Crippen LogP contribution in [0.1, 0.15) is 24.1 Å². The summed E-state index contributed by atoms with van der Waals surface area (Å²) < 4.78 is 5.58. The van der Waals surface area contributed by atoms with Gasteiger partial charge in [-0.2, -0.15) is 5.26 Å². The van der Waals surface area contributed by atoms with Crippen LogP contribution in [-0.2, 0) is 0 Å². The van der Waals surface area contributed by atoms with Crippen molar-refractivity contribution in [3.05, 3.63) is 23.5 Å². The Kier molecular flexibility index (Phi) is 1.90. The van der Waals surface area contributed by atoms with Crippen molar-refractivity contribution in [2.45, 2.75) is 25.9 Å². The fourth-order valence-electron chi connectivity index (χ4n) is 1.09. The maximum absolute atomic E-state index is 8.59. The van der Waals surface area contributed by atoms with Crippen LogP contribution in [0.15, 0.2) is 12.3 Å². The lowest BCUT2D eigenvalue weighted by Crippen LogP contribution is -1.99. The van der Waals surface area contributed by atoms with E-state index >= 15 is 0 Å². The number of nitrogens with zero attached hydrogens (tertiary/aromatic N) is 2. The standard InChI is InChI=1S/C10H10N2O/c1-7-4-8(5-11)12-6-10(7)13-9-2-3-9/h4,6,9H,2-3H2,1H3. The molecule has 66 valence electrons. The number of pyridine rings is 1. The van der Waals surface area contributed by atoms with Gasteiger partial charge in [-0.25, -0.2) is 4.98 Å². The van der Waals surface area contributed by atoms with Crippen molar-refractivity contribution in [3.63, 3.8) is 0 Å². The van der Waals surface area contributed by atoms with E-state index in [0.717, 1.165) is 24.2 Å². The Labute approximate surface area is 77.0 Å². The van der Waals surface area contributed by atoms with Gasteiger partial charge in [-0.1, -0.05) is 0 Å². The summed E-state index contributed by atoms with van der Waals surface area (Å²) in [6, 6.07) is 3.75. The van der Waals surface area contributed by atoms with Gasteiger partial charge in [0.15, 0.2) is 0 Å². The van der Waals surface area contributed by atoms with E-state index in [2.05, 4.69) is 4.98 Å². The molecule has 0 radical (unpaired) electrons. The van der Waals surface area contributed by atoms with Gasteiger partial charge in [-0.05, 0) is 31.4 Å². The van der Waals surface area contributed by atoms with Crippen LogP contribution in [0.5, 0.6) is 5.75 Å². The minimum absolute atomic E-state index is 0.383. The molecule has 1 aliphatic carbocycles. The van der Waals surface area contributed by atoms with Crippen LogP contribution in [0.3, 0.4) is 0 Å². The Morgan fingerprint density at radius 3 is 2.92 bits per heavy atom. The molecule has 0 atom stereocenters. The maximum atomic E-state index is 8.59. The van der Waals surface area contributed by atoms with Gasteiger partial charge < -0.3 is 4.74 Å². The van der Waals surface area contributed by atoms with E-state index in [9.17, 15) is 0 Å². The molecule has 1 saturated carbocycles. The zero-order valence-electron chi connectivity index (χ0n) is 7.45.